The molecule has 1 aromatic carbocycles. The van der Waals surface area contributed by atoms with Gasteiger partial charge in [-0.25, -0.2) is 4.68 Å². The number of carboxylic acid groups (broad SMARTS) is 1. The zero-order valence-corrected chi connectivity index (χ0v) is 13.0. The van der Waals surface area contributed by atoms with Gasteiger partial charge in [0.15, 0.2) is 5.82 Å². The van der Waals surface area contributed by atoms with E-state index in [-0.39, 0.29) is 11.2 Å². The molecule has 0 bridgehead atoms. The number of hydrogen-bond donors (Lipinski definition) is 2. The van der Waals surface area contributed by atoms with Crippen LogP contribution in [0.5, 0.6) is 0 Å². The Hall–Kier alpha value is -2.02. The van der Waals surface area contributed by atoms with E-state index in [1.165, 1.54) is 4.68 Å². The molecule has 0 aliphatic rings. The molecule has 0 spiro atoms. The summed E-state index contributed by atoms with van der Waals surface area (Å²) < 4.78 is 1.35. The van der Waals surface area contributed by atoms with Crippen molar-refractivity contribution in [3.05, 3.63) is 29.8 Å². The van der Waals surface area contributed by atoms with Gasteiger partial charge in [-0.05, 0) is 11.0 Å². The maximum absolute atomic E-state index is 10.6. The van der Waals surface area contributed by atoms with Crippen LogP contribution in [0.2, 0.25) is 0 Å². The van der Waals surface area contributed by atoms with Crippen LogP contribution in [0, 0.1) is 0 Å². The first-order valence-electron chi connectivity index (χ1n) is 6.45. The highest BCUT2D eigenvalue weighted by molar-refractivity contribution is 7.99. The van der Waals surface area contributed by atoms with Crippen molar-refractivity contribution in [2.24, 2.45) is 0 Å². The summed E-state index contributed by atoms with van der Waals surface area (Å²) >= 11 is 1.05. The summed E-state index contributed by atoms with van der Waals surface area (Å²) in [5.41, 5.74) is 1.96. The van der Waals surface area contributed by atoms with E-state index in [0.717, 1.165) is 22.9 Å². The minimum atomic E-state index is -0.917. The topological polar surface area (TPSA) is 94.0 Å². The number of nitrogen functional groups attached to an aromatic ring is 1. The van der Waals surface area contributed by atoms with E-state index in [2.05, 4.69) is 31.0 Å². The monoisotopic (exact) mass is 306 g/mol. The molecule has 0 unspecified atom stereocenters. The van der Waals surface area contributed by atoms with E-state index < -0.39 is 5.97 Å². The quantitative estimate of drug-likeness (QED) is 0.664. The predicted molar refractivity (Wildman–Crippen MR) is 82.7 cm³/mol. The van der Waals surface area contributed by atoms with Crippen molar-refractivity contribution in [2.75, 3.05) is 11.6 Å². The second-order valence-corrected chi connectivity index (χ2v) is 6.60. The van der Waals surface area contributed by atoms with Crippen LogP contribution < -0.4 is 5.84 Å². The van der Waals surface area contributed by atoms with Crippen molar-refractivity contribution < 1.29 is 9.90 Å². The van der Waals surface area contributed by atoms with E-state index in [4.69, 9.17) is 10.9 Å². The summed E-state index contributed by atoms with van der Waals surface area (Å²) in [6.07, 6.45) is 0. The van der Waals surface area contributed by atoms with Gasteiger partial charge in [0.2, 0.25) is 5.16 Å². The molecule has 112 valence electrons. The fourth-order valence-electron chi connectivity index (χ4n) is 2.02. The number of nitrogens with zero attached hydrogens (tertiary/aromatic N) is 3. The Morgan fingerprint density at radius 1 is 1.33 bits per heavy atom. The number of aromatic nitrogens is 3. The normalized spacial score (nSPS) is 11.6. The molecule has 2 aromatic rings. The number of benzene rings is 1. The smallest absolute Gasteiger partial charge is 0.313 e. The van der Waals surface area contributed by atoms with Gasteiger partial charge < -0.3 is 10.9 Å². The lowest BCUT2D eigenvalue weighted by Gasteiger charge is -2.22. The minimum absolute atomic E-state index is 0.0586. The van der Waals surface area contributed by atoms with Crippen LogP contribution in [-0.2, 0) is 10.2 Å². The summed E-state index contributed by atoms with van der Waals surface area (Å²) in [6, 6.07) is 7.87. The lowest BCUT2D eigenvalue weighted by Crippen LogP contribution is -2.17. The van der Waals surface area contributed by atoms with Crippen LogP contribution in [-0.4, -0.2) is 31.7 Å². The molecule has 0 saturated heterocycles. The van der Waals surface area contributed by atoms with Crippen molar-refractivity contribution in [3.63, 3.8) is 0 Å². The van der Waals surface area contributed by atoms with Gasteiger partial charge in [0.25, 0.3) is 0 Å². The van der Waals surface area contributed by atoms with E-state index in [9.17, 15) is 4.79 Å². The summed E-state index contributed by atoms with van der Waals surface area (Å²) in [5.74, 6) is 5.53. The maximum Gasteiger partial charge on any atom is 0.313 e. The molecule has 0 amide bonds. The van der Waals surface area contributed by atoms with Crippen molar-refractivity contribution in [3.8, 4) is 11.4 Å². The van der Waals surface area contributed by atoms with Gasteiger partial charge >= 0.3 is 5.97 Å². The second-order valence-electron chi connectivity index (χ2n) is 5.65. The molecular formula is C14H18N4O2S. The molecule has 0 radical (unpaired) electrons. The zero-order valence-electron chi connectivity index (χ0n) is 12.2. The molecule has 2 rings (SSSR count). The molecule has 3 N–H and O–H groups in total. The van der Waals surface area contributed by atoms with Crippen molar-refractivity contribution in [1.29, 1.82) is 0 Å². The van der Waals surface area contributed by atoms with Crippen LogP contribution >= 0.6 is 11.8 Å². The molecule has 1 heterocycles. The van der Waals surface area contributed by atoms with Gasteiger partial charge in [0.05, 0.1) is 5.75 Å². The van der Waals surface area contributed by atoms with Gasteiger partial charge in [0, 0.05) is 5.56 Å². The molecule has 0 aliphatic carbocycles. The molecule has 1 aromatic heterocycles. The van der Waals surface area contributed by atoms with Gasteiger partial charge in [-0.2, -0.15) is 0 Å². The average molecular weight is 306 g/mol. The largest absolute Gasteiger partial charge is 0.481 e. The Bertz CT molecular complexity index is 661. The Morgan fingerprint density at radius 3 is 2.62 bits per heavy atom. The predicted octanol–water partition coefficient (Wildman–Crippen LogP) is 2.13. The highest BCUT2D eigenvalue weighted by Crippen LogP contribution is 2.32. The fourth-order valence-corrected chi connectivity index (χ4v) is 2.59. The first-order valence-corrected chi connectivity index (χ1v) is 7.44. The average Bonchev–Trinajstić information content (AvgIpc) is 2.76. The first-order chi connectivity index (χ1) is 9.80. The van der Waals surface area contributed by atoms with Gasteiger partial charge in [0.1, 0.15) is 0 Å². The van der Waals surface area contributed by atoms with Crippen LogP contribution in [0.25, 0.3) is 11.4 Å². The molecule has 0 atom stereocenters. The second kappa shape index (κ2) is 5.77. The number of hydrogen-bond acceptors (Lipinski definition) is 5. The van der Waals surface area contributed by atoms with Crippen molar-refractivity contribution in [1.82, 2.24) is 14.9 Å². The standard InChI is InChI=1S/C14H18N4O2S/c1-14(2,3)10-7-5-4-6-9(10)12-16-17-13(18(12)15)21-8-11(19)20/h4-7H,8,15H2,1-3H3,(H,19,20). The van der Waals surface area contributed by atoms with Crippen molar-refractivity contribution >= 4 is 17.7 Å². The third-order valence-electron chi connectivity index (χ3n) is 2.97. The number of carboxylic acids is 1. The Balaban J connectivity index is 2.42. The van der Waals surface area contributed by atoms with Gasteiger partial charge in [-0.1, -0.05) is 56.8 Å². The molecule has 7 heteroatoms. The number of thioether (sulfide) groups is 1. The molecule has 21 heavy (non-hydrogen) atoms. The zero-order chi connectivity index (χ0) is 15.6. The fraction of sp³-hybridized carbons (Fsp3) is 0.357. The van der Waals surface area contributed by atoms with Crippen LogP contribution in [0.15, 0.2) is 29.4 Å². The van der Waals surface area contributed by atoms with Crippen LogP contribution in [0.1, 0.15) is 26.3 Å². The first kappa shape index (κ1) is 15.4. The van der Waals surface area contributed by atoms with Crippen molar-refractivity contribution in [2.45, 2.75) is 31.3 Å². The molecule has 6 nitrogen and oxygen atoms in total. The maximum atomic E-state index is 10.6. The minimum Gasteiger partial charge on any atom is -0.481 e. The molecule has 0 aliphatic heterocycles. The number of nitrogens with two attached hydrogens (primary N) is 1. The van der Waals surface area contributed by atoms with Crippen LogP contribution in [0.4, 0.5) is 0 Å². The van der Waals surface area contributed by atoms with Gasteiger partial charge in [-0.15, -0.1) is 10.2 Å². The lowest BCUT2D eigenvalue weighted by molar-refractivity contribution is -0.133. The third-order valence-corrected chi connectivity index (χ3v) is 3.89. The van der Waals surface area contributed by atoms with E-state index in [1.54, 1.807) is 0 Å². The summed E-state index contributed by atoms with van der Waals surface area (Å²) in [4.78, 5) is 10.6. The summed E-state index contributed by atoms with van der Waals surface area (Å²) in [7, 11) is 0. The Kier molecular flexibility index (Phi) is 4.22. The third kappa shape index (κ3) is 3.36. The van der Waals surface area contributed by atoms with E-state index in [0.29, 0.717) is 11.0 Å². The number of aliphatic carboxylic acids is 1. The van der Waals surface area contributed by atoms with E-state index >= 15 is 0 Å². The molecule has 0 fully saturated rings. The van der Waals surface area contributed by atoms with Gasteiger partial charge in [-0.3, -0.25) is 4.79 Å². The lowest BCUT2D eigenvalue weighted by atomic mass is 9.83. The Morgan fingerprint density at radius 2 is 2.00 bits per heavy atom. The highest BCUT2D eigenvalue weighted by atomic mass is 32.2. The van der Waals surface area contributed by atoms with Crippen LogP contribution in [0.3, 0.4) is 0 Å². The highest BCUT2D eigenvalue weighted by Gasteiger charge is 2.22. The number of carbonyl (C=O) groups is 1. The molecule has 0 saturated carbocycles. The number of rotatable bonds is 4. The SMILES string of the molecule is CC(C)(C)c1ccccc1-c1nnc(SCC(=O)O)n1N. The van der Waals surface area contributed by atoms with E-state index in [1.807, 2.05) is 24.3 Å². The molecular weight excluding hydrogens is 288 g/mol. The Labute approximate surface area is 127 Å². The summed E-state index contributed by atoms with van der Waals surface area (Å²) in [5, 5.41) is 17.2. The summed E-state index contributed by atoms with van der Waals surface area (Å²) in [6.45, 7) is 6.34.